The Kier molecular flexibility index (Phi) is 8.82. The maximum absolute atomic E-state index is 12.3. The molecule has 0 bridgehead atoms. The Hall–Kier alpha value is -1.56. The van der Waals surface area contributed by atoms with Crippen molar-refractivity contribution in [2.75, 3.05) is 18.8 Å². The highest BCUT2D eigenvalue weighted by Crippen LogP contribution is 2.10. The molecule has 0 radical (unpaired) electrons. The average molecular weight is 354 g/mol. The molecular formula is C18H31N3O2S. The van der Waals surface area contributed by atoms with Gasteiger partial charge >= 0.3 is 0 Å². The van der Waals surface area contributed by atoms with Crippen LogP contribution in [0.2, 0.25) is 0 Å². The summed E-state index contributed by atoms with van der Waals surface area (Å²) in [5.41, 5.74) is 0. The molecule has 1 rings (SSSR count). The zero-order valence-corrected chi connectivity index (χ0v) is 16.1. The third-order valence-electron chi connectivity index (χ3n) is 3.64. The summed E-state index contributed by atoms with van der Waals surface area (Å²) < 4.78 is 24.5. The molecule has 0 spiro atoms. The molecule has 24 heavy (non-hydrogen) atoms. The van der Waals surface area contributed by atoms with Crippen molar-refractivity contribution in [1.82, 2.24) is 10.6 Å². The number of hydrogen-bond donors (Lipinski definition) is 2. The second-order valence-electron chi connectivity index (χ2n) is 6.41. The van der Waals surface area contributed by atoms with Crippen LogP contribution < -0.4 is 10.6 Å². The highest BCUT2D eigenvalue weighted by Gasteiger charge is 2.13. The summed E-state index contributed by atoms with van der Waals surface area (Å²) in [6.07, 6.45) is 2.21. The topological polar surface area (TPSA) is 70.6 Å². The van der Waals surface area contributed by atoms with Gasteiger partial charge in [-0.2, -0.15) is 0 Å². The standard InChI is InChI=1S/C18H31N3O2S/c1-5-19-18(21-16(4)12-11-15(2)3)20-13-14-24(22,23)17-9-7-6-8-10-17/h6-10,15-16H,5,11-14H2,1-4H3,(H2,19,20,21). The molecule has 1 unspecified atom stereocenters. The average Bonchev–Trinajstić information content (AvgIpc) is 2.54. The monoisotopic (exact) mass is 353 g/mol. The van der Waals surface area contributed by atoms with Gasteiger partial charge in [-0.25, -0.2) is 8.42 Å². The van der Waals surface area contributed by atoms with Crippen LogP contribution in [0.4, 0.5) is 0 Å². The SMILES string of the molecule is CCNC(=NCCS(=O)(=O)c1ccccc1)NC(C)CCC(C)C. The molecule has 0 heterocycles. The van der Waals surface area contributed by atoms with E-state index in [9.17, 15) is 8.42 Å². The highest BCUT2D eigenvalue weighted by molar-refractivity contribution is 7.91. The van der Waals surface area contributed by atoms with Gasteiger partial charge in [0.1, 0.15) is 0 Å². The lowest BCUT2D eigenvalue weighted by atomic mass is 10.0. The summed E-state index contributed by atoms with van der Waals surface area (Å²) in [5.74, 6) is 1.36. The summed E-state index contributed by atoms with van der Waals surface area (Å²) in [7, 11) is -3.28. The first-order chi connectivity index (χ1) is 11.3. The number of nitrogens with one attached hydrogen (secondary N) is 2. The minimum Gasteiger partial charge on any atom is -0.357 e. The van der Waals surface area contributed by atoms with Crippen LogP contribution in [-0.4, -0.2) is 39.3 Å². The van der Waals surface area contributed by atoms with E-state index in [1.165, 1.54) is 0 Å². The van der Waals surface area contributed by atoms with Crippen molar-refractivity contribution in [3.05, 3.63) is 30.3 Å². The molecular weight excluding hydrogens is 322 g/mol. The van der Waals surface area contributed by atoms with Crippen LogP contribution in [0.5, 0.6) is 0 Å². The van der Waals surface area contributed by atoms with Gasteiger partial charge in [-0.3, -0.25) is 4.99 Å². The second kappa shape index (κ2) is 10.3. The predicted molar refractivity (Wildman–Crippen MR) is 101 cm³/mol. The number of hydrogen-bond acceptors (Lipinski definition) is 3. The normalized spacial score (nSPS) is 13.8. The van der Waals surface area contributed by atoms with Gasteiger partial charge < -0.3 is 10.6 Å². The van der Waals surface area contributed by atoms with Crippen LogP contribution in [0.1, 0.15) is 40.5 Å². The molecule has 0 aromatic heterocycles. The van der Waals surface area contributed by atoms with Crippen LogP contribution in [0.15, 0.2) is 40.2 Å². The van der Waals surface area contributed by atoms with Crippen molar-refractivity contribution in [1.29, 1.82) is 0 Å². The molecule has 136 valence electrons. The van der Waals surface area contributed by atoms with Crippen molar-refractivity contribution in [2.45, 2.75) is 51.5 Å². The van der Waals surface area contributed by atoms with Crippen LogP contribution in [0, 0.1) is 5.92 Å². The lowest BCUT2D eigenvalue weighted by molar-refractivity contribution is 0.489. The first-order valence-electron chi connectivity index (χ1n) is 8.67. The van der Waals surface area contributed by atoms with E-state index in [2.05, 4.69) is 36.4 Å². The molecule has 0 fully saturated rings. The number of sulfone groups is 1. The van der Waals surface area contributed by atoms with Crippen molar-refractivity contribution in [3.63, 3.8) is 0 Å². The van der Waals surface area contributed by atoms with Gasteiger partial charge in [-0.05, 0) is 44.7 Å². The van der Waals surface area contributed by atoms with Gasteiger partial charge in [0.15, 0.2) is 15.8 Å². The smallest absolute Gasteiger partial charge is 0.191 e. The summed E-state index contributed by atoms with van der Waals surface area (Å²) >= 11 is 0. The van der Waals surface area contributed by atoms with Gasteiger partial charge in [0.2, 0.25) is 0 Å². The van der Waals surface area contributed by atoms with Gasteiger partial charge in [0.05, 0.1) is 17.2 Å². The summed E-state index contributed by atoms with van der Waals surface area (Å²) in [6.45, 7) is 9.52. The molecule has 5 nitrogen and oxygen atoms in total. The number of guanidine groups is 1. The number of rotatable bonds is 9. The van der Waals surface area contributed by atoms with E-state index in [1.807, 2.05) is 13.0 Å². The maximum Gasteiger partial charge on any atom is 0.191 e. The minimum atomic E-state index is -3.28. The van der Waals surface area contributed by atoms with Gasteiger partial charge in [0.25, 0.3) is 0 Å². The molecule has 0 aliphatic heterocycles. The molecule has 1 aromatic rings. The van der Waals surface area contributed by atoms with Crippen LogP contribution >= 0.6 is 0 Å². The lowest BCUT2D eigenvalue weighted by Crippen LogP contribution is -2.42. The van der Waals surface area contributed by atoms with Crippen molar-refractivity contribution < 1.29 is 8.42 Å². The largest absolute Gasteiger partial charge is 0.357 e. The molecule has 0 aliphatic rings. The Balaban J connectivity index is 2.59. The zero-order valence-electron chi connectivity index (χ0n) is 15.2. The number of benzene rings is 1. The van der Waals surface area contributed by atoms with Gasteiger partial charge in [-0.15, -0.1) is 0 Å². The van der Waals surface area contributed by atoms with Crippen LogP contribution in [0.25, 0.3) is 0 Å². The van der Waals surface area contributed by atoms with E-state index in [1.54, 1.807) is 24.3 Å². The van der Waals surface area contributed by atoms with Crippen LogP contribution in [-0.2, 0) is 9.84 Å². The third-order valence-corrected chi connectivity index (χ3v) is 5.35. The predicted octanol–water partition coefficient (Wildman–Crippen LogP) is 2.84. The van der Waals surface area contributed by atoms with E-state index in [0.29, 0.717) is 22.8 Å². The number of aliphatic imine (C=N–C) groups is 1. The van der Waals surface area contributed by atoms with Gasteiger partial charge in [0, 0.05) is 12.6 Å². The van der Waals surface area contributed by atoms with E-state index >= 15 is 0 Å². The molecule has 1 atom stereocenters. The highest BCUT2D eigenvalue weighted by atomic mass is 32.2. The van der Waals surface area contributed by atoms with Crippen LogP contribution in [0.3, 0.4) is 0 Å². The first kappa shape index (κ1) is 20.5. The molecule has 0 amide bonds. The fourth-order valence-electron chi connectivity index (χ4n) is 2.23. The van der Waals surface area contributed by atoms with Crippen molar-refractivity contribution in [3.8, 4) is 0 Å². The van der Waals surface area contributed by atoms with E-state index < -0.39 is 9.84 Å². The Morgan fingerprint density at radius 2 is 1.79 bits per heavy atom. The molecule has 2 N–H and O–H groups in total. The summed E-state index contributed by atoms with van der Waals surface area (Å²) in [4.78, 5) is 4.76. The number of nitrogens with zero attached hydrogens (tertiary/aromatic N) is 1. The lowest BCUT2D eigenvalue weighted by Gasteiger charge is -2.18. The molecule has 0 saturated carbocycles. The zero-order chi connectivity index (χ0) is 18.0. The molecule has 6 heteroatoms. The first-order valence-corrected chi connectivity index (χ1v) is 10.3. The van der Waals surface area contributed by atoms with Crippen molar-refractivity contribution in [2.24, 2.45) is 10.9 Å². The van der Waals surface area contributed by atoms with Crippen molar-refractivity contribution >= 4 is 15.8 Å². The fraction of sp³-hybridized carbons (Fsp3) is 0.611. The third kappa shape index (κ3) is 7.81. The molecule has 1 aromatic carbocycles. The van der Waals surface area contributed by atoms with Gasteiger partial charge in [-0.1, -0.05) is 32.0 Å². The van der Waals surface area contributed by atoms with E-state index in [-0.39, 0.29) is 12.3 Å². The molecule has 0 saturated heterocycles. The van der Waals surface area contributed by atoms with E-state index in [0.717, 1.165) is 19.4 Å². The Morgan fingerprint density at radius 3 is 2.38 bits per heavy atom. The minimum absolute atomic E-state index is 0.00790. The molecule has 0 aliphatic carbocycles. The second-order valence-corrected chi connectivity index (χ2v) is 8.52. The Bertz CT molecular complexity index is 598. The Labute approximate surface area is 146 Å². The Morgan fingerprint density at radius 1 is 1.12 bits per heavy atom. The van der Waals surface area contributed by atoms with E-state index in [4.69, 9.17) is 0 Å². The quantitative estimate of drug-likeness (QED) is 0.529. The summed E-state index contributed by atoms with van der Waals surface area (Å²) in [5, 5.41) is 6.51. The fourth-order valence-corrected chi connectivity index (χ4v) is 3.37. The summed E-state index contributed by atoms with van der Waals surface area (Å²) in [6, 6.07) is 8.82. The maximum atomic E-state index is 12.3.